The Morgan fingerprint density at radius 2 is 1.80 bits per heavy atom. The van der Waals surface area contributed by atoms with Gasteiger partial charge in [-0.15, -0.1) is 0 Å². The zero-order valence-corrected chi connectivity index (χ0v) is 12.0. The van der Waals surface area contributed by atoms with Crippen LogP contribution >= 0.6 is 0 Å². The third-order valence-electron chi connectivity index (χ3n) is 3.34. The lowest BCUT2D eigenvalue weighted by molar-refractivity contribution is 0.0698. The first-order chi connectivity index (χ1) is 9.50. The van der Waals surface area contributed by atoms with E-state index in [0.717, 1.165) is 11.3 Å². The molecule has 0 atom stereocenters. The van der Waals surface area contributed by atoms with E-state index in [1.807, 2.05) is 25.1 Å². The molecule has 0 aliphatic carbocycles. The summed E-state index contributed by atoms with van der Waals surface area (Å²) in [6.45, 7) is 6.28. The predicted molar refractivity (Wildman–Crippen MR) is 82.0 cm³/mol. The van der Waals surface area contributed by atoms with Gasteiger partial charge in [0.2, 0.25) is 0 Å². The molecule has 0 heterocycles. The Bertz CT molecular complexity index is 633. The van der Waals surface area contributed by atoms with Gasteiger partial charge in [0.15, 0.2) is 0 Å². The Morgan fingerprint density at radius 1 is 1.10 bits per heavy atom. The van der Waals surface area contributed by atoms with E-state index in [2.05, 4.69) is 25.2 Å². The van der Waals surface area contributed by atoms with Crippen LogP contribution in [0.4, 0.5) is 11.4 Å². The van der Waals surface area contributed by atoms with Gasteiger partial charge in [-0.2, -0.15) is 0 Å². The molecule has 20 heavy (non-hydrogen) atoms. The Balaban J connectivity index is 2.48. The van der Waals surface area contributed by atoms with E-state index in [0.29, 0.717) is 11.6 Å². The Labute approximate surface area is 119 Å². The molecule has 2 aromatic rings. The summed E-state index contributed by atoms with van der Waals surface area (Å²) < 4.78 is 0. The summed E-state index contributed by atoms with van der Waals surface area (Å²) >= 11 is 0. The van der Waals surface area contributed by atoms with Crippen LogP contribution in [0.25, 0.3) is 0 Å². The van der Waals surface area contributed by atoms with E-state index >= 15 is 0 Å². The number of hydrogen-bond acceptors (Lipinski definition) is 2. The minimum Gasteiger partial charge on any atom is -0.478 e. The first kappa shape index (κ1) is 14.1. The van der Waals surface area contributed by atoms with Crippen molar-refractivity contribution in [1.29, 1.82) is 0 Å². The highest BCUT2D eigenvalue weighted by Gasteiger charge is 2.13. The summed E-state index contributed by atoms with van der Waals surface area (Å²) in [5.74, 6) is -0.554. The van der Waals surface area contributed by atoms with Crippen LogP contribution in [0.3, 0.4) is 0 Å². The highest BCUT2D eigenvalue weighted by molar-refractivity contribution is 5.95. The lowest BCUT2D eigenvalue weighted by Crippen LogP contribution is -2.05. The second-order valence-electron chi connectivity index (χ2n) is 5.17. The second-order valence-corrected chi connectivity index (χ2v) is 5.17. The summed E-state index contributed by atoms with van der Waals surface area (Å²) in [6.07, 6.45) is 0. The lowest BCUT2D eigenvalue weighted by Gasteiger charge is -2.18. The van der Waals surface area contributed by atoms with Gasteiger partial charge < -0.3 is 10.4 Å². The number of carbonyl (C=O) groups is 1. The van der Waals surface area contributed by atoms with Gasteiger partial charge in [-0.25, -0.2) is 4.79 Å². The third kappa shape index (κ3) is 2.82. The first-order valence-corrected chi connectivity index (χ1v) is 6.69. The highest BCUT2D eigenvalue weighted by Crippen LogP contribution is 2.31. The van der Waals surface area contributed by atoms with Crippen molar-refractivity contribution in [3.8, 4) is 0 Å². The Kier molecular flexibility index (Phi) is 4.08. The molecule has 2 N–H and O–H groups in total. The van der Waals surface area contributed by atoms with Gasteiger partial charge in [-0.1, -0.05) is 44.2 Å². The van der Waals surface area contributed by atoms with Gasteiger partial charge in [0, 0.05) is 5.69 Å². The molecule has 0 aliphatic heterocycles. The molecule has 0 bridgehead atoms. The van der Waals surface area contributed by atoms with Crippen molar-refractivity contribution >= 4 is 17.3 Å². The van der Waals surface area contributed by atoms with Gasteiger partial charge in [-0.05, 0) is 36.1 Å². The number of benzene rings is 2. The van der Waals surface area contributed by atoms with E-state index in [-0.39, 0.29) is 5.56 Å². The molecule has 0 amide bonds. The van der Waals surface area contributed by atoms with Crippen LogP contribution in [0.1, 0.15) is 41.3 Å². The second kappa shape index (κ2) is 5.78. The van der Waals surface area contributed by atoms with Crippen molar-refractivity contribution in [2.45, 2.75) is 26.7 Å². The number of aryl methyl sites for hydroxylation is 1. The average molecular weight is 269 g/mol. The lowest BCUT2D eigenvalue weighted by atomic mass is 9.97. The van der Waals surface area contributed by atoms with Crippen molar-refractivity contribution in [3.05, 3.63) is 59.2 Å². The van der Waals surface area contributed by atoms with Crippen molar-refractivity contribution < 1.29 is 9.90 Å². The maximum absolute atomic E-state index is 11.3. The normalized spacial score (nSPS) is 10.6. The minimum absolute atomic E-state index is 0.283. The zero-order chi connectivity index (χ0) is 14.7. The highest BCUT2D eigenvalue weighted by atomic mass is 16.4. The molecule has 3 heteroatoms. The molecular formula is C17H19NO2. The predicted octanol–water partition coefficient (Wildman–Crippen LogP) is 4.56. The molecule has 0 aliphatic rings. The van der Waals surface area contributed by atoms with Gasteiger partial charge in [0.1, 0.15) is 0 Å². The van der Waals surface area contributed by atoms with E-state index in [1.54, 1.807) is 18.2 Å². The number of para-hydroxylation sites is 2. The van der Waals surface area contributed by atoms with Gasteiger partial charge >= 0.3 is 5.97 Å². The van der Waals surface area contributed by atoms with Crippen LogP contribution in [0.5, 0.6) is 0 Å². The fourth-order valence-corrected chi connectivity index (χ4v) is 2.26. The first-order valence-electron chi connectivity index (χ1n) is 6.69. The zero-order valence-electron chi connectivity index (χ0n) is 12.0. The van der Waals surface area contributed by atoms with Crippen LogP contribution < -0.4 is 5.32 Å². The summed E-state index contributed by atoms with van der Waals surface area (Å²) in [6, 6.07) is 13.1. The molecule has 2 aromatic carbocycles. The average Bonchev–Trinajstić information content (AvgIpc) is 2.41. The van der Waals surface area contributed by atoms with Crippen molar-refractivity contribution in [2.24, 2.45) is 0 Å². The Hall–Kier alpha value is -2.29. The summed E-state index contributed by atoms with van der Waals surface area (Å²) in [5.41, 5.74) is 4.19. The third-order valence-corrected chi connectivity index (χ3v) is 3.34. The van der Waals surface area contributed by atoms with Gasteiger partial charge in [0.25, 0.3) is 0 Å². The number of rotatable bonds is 4. The molecule has 0 saturated heterocycles. The van der Waals surface area contributed by atoms with Crippen molar-refractivity contribution in [1.82, 2.24) is 0 Å². The molecule has 0 unspecified atom stereocenters. The van der Waals surface area contributed by atoms with E-state index < -0.39 is 5.97 Å². The smallest absolute Gasteiger partial charge is 0.337 e. The number of aromatic carboxylic acids is 1. The minimum atomic E-state index is -0.923. The van der Waals surface area contributed by atoms with Crippen LogP contribution in [0, 0.1) is 6.92 Å². The number of carboxylic acid groups (broad SMARTS) is 1. The number of nitrogens with one attached hydrogen (secondary N) is 1. The monoisotopic (exact) mass is 269 g/mol. The van der Waals surface area contributed by atoms with Crippen molar-refractivity contribution in [2.75, 3.05) is 5.32 Å². The molecule has 0 radical (unpaired) electrons. The summed E-state index contributed by atoms with van der Waals surface area (Å²) in [7, 11) is 0. The quantitative estimate of drug-likeness (QED) is 0.855. The summed E-state index contributed by atoms with van der Waals surface area (Å²) in [4.78, 5) is 11.3. The molecule has 0 fully saturated rings. The SMILES string of the molecule is Cc1cccc(C(C)C)c1Nc1ccccc1C(=O)O. The number of anilines is 2. The fourth-order valence-electron chi connectivity index (χ4n) is 2.26. The number of hydrogen-bond donors (Lipinski definition) is 2. The molecule has 0 spiro atoms. The van der Waals surface area contributed by atoms with E-state index in [9.17, 15) is 9.90 Å². The molecule has 3 nitrogen and oxygen atoms in total. The van der Waals surface area contributed by atoms with Gasteiger partial charge in [-0.3, -0.25) is 0 Å². The van der Waals surface area contributed by atoms with Gasteiger partial charge in [0.05, 0.1) is 11.3 Å². The largest absolute Gasteiger partial charge is 0.478 e. The molecule has 0 aromatic heterocycles. The van der Waals surface area contributed by atoms with Crippen LogP contribution in [-0.2, 0) is 0 Å². The standard InChI is InChI=1S/C17H19NO2/c1-11(2)13-9-6-7-12(3)16(13)18-15-10-5-4-8-14(15)17(19)20/h4-11,18H,1-3H3,(H,19,20). The maximum Gasteiger partial charge on any atom is 0.337 e. The molecule has 104 valence electrons. The molecule has 2 rings (SSSR count). The summed E-state index contributed by atoms with van der Waals surface area (Å²) in [5, 5.41) is 12.5. The van der Waals surface area contributed by atoms with Crippen LogP contribution in [-0.4, -0.2) is 11.1 Å². The fraction of sp³-hybridized carbons (Fsp3) is 0.235. The van der Waals surface area contributed by atoms with Crippen molar-refractivity contribution in [3.63, 3.8) is 0 Å². The topological polar surface area (TPSA) is 49.3 Å². The Morgan fingerprint density at radius 3 is 2.45 bits per heavy atom. The van der Waals surface area contributed by atoms with Crippen LogP contribution in [0.2, 0.25) is 0 Å². The number of carboxylic acids is 1. The molecular weight excluding hydrogens is 250 g/mol. The van der Waals surface area contributed by atoms with E-state index in [4.69, 9.17) is 0 Å². The van der Waals surface area contributed by atoms with Crippen LogP contribution in [0.15, 0.2) is 42.5 Å². The van der Waals surface area contributed by atoms with E-state index in [1.165, 1.54) is 5.56 Å². The molecule has 0 saturated carbocycles. The maximum atomic E-state index is 11.3.